The molecule has 0 radical (unpaired) electrons. The molecule has 0 aromatic carbocycles. The molecule has 0 spiro atoms. The van der Waals surface area contributed by atoms with Gasteiger partial charge in [-0.2, -0.15) is 0 Å². The van der Waals surface area contributed by atoms with E-state index in [9.17, 15) is 9.59 Å². The van der Waals surface area contributed by atoms with Crippen molar-refractivity contribution in [3.05, 3.63) is 35.3 Å². The molecule has 0 aliphatic carbocycles. The monoisotopic (exact) mass is 362 g/mol. The number of rotatable bonds is 6. The van der Waals surface area contributed by atoms with Crippen LogP contribution in [0.15, 0.2) is 29.7 Å². The molecule has 0 bridgehead atoms. The number of nitrogens with two attached hydrogens (primary N) is 1. The van der Waals surface area contributed by atoms with Gasteiger partial charge in [-0.25, -0.2) is 0 Å². The number of hydrogen-bond donors (Lipinski definition) is 1. The number of hydrogen-bond acceptors (Lipinski definition) is 6. The van der Waals surface area contributed by atoms with E-state index in [0.29, 0.717) is 35.9 Å². The molecule has 1 aliphatic rings. The quantitative estimate of drug-likeness (QED) is 0.774. The number of anilines is 1. The number of allylic oxidation sites excluding steroid dienone is 1. The molecule has 1 aromatic heterocycles. The SMILES string of the molecule is CC(=O)C(CSCC(=O)N1CCN(c2cnccc2C)CC1)=C(C)N. The average Bonchev–Trinajstić information content (AvgIpc) is 2.58. The first-order valence-corrected chi connectivity index (χ1v) is 9.53. The zero-order valence-corrected chi connectivity index (χ0v) is 15.9. The van der Waals surface area contributed by atoms with Gasteiger partial charge in [-0.05, 0) is 32.4 Å². The molecule has 0 unspecified atom stereocenters. The van der Waals surface area contributed by atoms with E-state index in [1.54, 1.807) is 13.1 Å². The van der Waals surface area contributed by atoms with Crippen LogP contribution in [0.3, 0.4) is 0 Å². The Labute approximate surface area is 153 Å². The van der Waals surface area contributed by atoms with Crippen LogP contribution in [0, 0.1) is 6.92 Å². The molecule has 25 heavy (non-hydrogen) atoms. The highest BCUT2D eigenvalue weighted by Gasteiger charge is 2.22. The van der Waals surface area contributed by atoms with Gasteiger partial charge in [0.05, 0.1) is 17.6 Å². The van der Waals surface area contributed by atoms with Gasteiger partial charge in [-0.1, -0.05) is 0 Å². The molecule has 1 aliphatic heterocycles. The zero-order valence-electron chi connectivity index (χ0n) is 15.1. The van der Waals surface area contributed by atoms with Gasteiger partial charge in [0.15, 0.2) is 5.78 Å². The Balaban J connectivity index is 1.81. The van der Waals surface area contributed by atoms with Crippen LogP contribution >= 0.6 is 11.8 Å². The van der Waals surface area contributed by atoms with E-state index < -0.39 is 0 Å². The number of amides is 1. The Kier molecular flexibility index (Phi) is 6.87. The number of ketones is 1. The number of nitrogens with zero attached hydrogens (tertiary/aromatic N) is 3. The van der Waals surface area contributed by atoms with Crippen LogP contribution < -0.4 is 10.6 Å². The van der Waals surface area contributed by atoms with E-state index in [4.69, 9.17) is 5.73 Å². The minimum atomic E-state index is -0.0274. The molecular formula is C18H26N4O2S. The number of Topliss-reactive ketones (excluding diaryl/α,β-unsaturated/α-hetero) is 1. The van der Waals surface area contributed by atoms with Crippen molar-refractivity contribution in [3.63, 3.8) is 0 Å². The van der Waals surface area contributed by atoms with Crippen molar-refractivity contribution in [2.75, 3.05) is 42.6 Å². The van der Waals surface area contributed by atoms with Crippen LogP contribution in [0.5, 0.6) is 0 Å². The van der Waals surface area contributed by atoms with Gasteiger partial charge in [-0.15, -0.1) is 11.8 Å². The first kappa shape index (κ1) is 19.3. The number of carbonyl (C=O) groups excluding carboxylic acids is 2. The zero-order chi connectivity index (χ0) is 18.4. The molecule has 0 saturated carbocycles. The normalized spacial score (nSPS) is 15.8. The number of aryl methyl sites for hydroxylation is 1. The van der Waals surface area contributed by atoms with Gasteiger partial charge < -0.3 is 15.5 Å². The summed E-state index contributed by atoms with van der Waals surface area (Å²) in [6.07, 6.45) is 3.68. The maximum absolute atomic E-state index is 12.4. The summed E-state index contributed by atoms with van der Waals surface area (Å²) in [6.45, 7) is 8.34. The molecule has 0 atom stereocenters. The lowest BCUT2D eigenvalue weighted by Gasteiger charge is -2.36. The summed E-state index contributed by atoms with van der Waals surface area (Å²) in [6, 6.07) is 2.00. The molecule has 1 fully saturated rings. The molecular weight excluding hydrogens is 336 g/mol. The Bertz CT molecular complexity index is 663. The summed E-state index contributed by atoms with van der Waals surface area (Å²) in [5, 5.41) is 0. The van der Waals surface area contributed by atoms with Crippen molar-refractivity contribution in [1.29, 1.82) is 0 Å². The molecule has 7 heteroatoms. The van der Waals surface area contributed by atoms with Gasteiger partial charge >= 0.3 is 0 Å². The standard InChI is InChI=1S/C18H26N4O2S/c1-13-4-5-20-10-17(13)21-6-8-22(9-7-21)18(24)12-25-11-16(14(2)19)15(3)23/h4-5,10H,6-9,11-12,19H2,1-3H3. The lowest BCUT2D eigenvalue weighted by Crippen LogP contribution is -2.49. The van der Waals surface area contributed by atoms with Crippen LogP contribution in [0.4, 0.5) is 5.69 Å². The highest BCUT2D eigenvalue weighted by atomic mass is 32.2. The molecule has 1 aromatic rings. The molecule has 136 valence electrons. The summed E-state index contributed by atoms with van der Waals surface area (Å²) in [7, 11) is 0. The number of piperazine rings is 1. The minimum absolute atomic E-state index is 0.0274. The summed E-state index contributed by atoms with van der Waals surface area (Å²) in [4.78, 5) is 32.2. The summed E-state index contributed by atoms with van der Waals surface area (Å²) >= 11 is 1.45. The molecule has 1 amide bonds. The topological polar surface area (TPSA) is 79.5 Å². The fraction of sp³-hybridized carbons (Fsp3) is 0.500. The first-order valence-electron chi connectivity index (χ1n) is 8.37. The maximum Gasteiger partial charge on any atom is 0.232 e. The van der Waals surface area contributed by atoms with Crippen molar-refractivity contribution >= 4 is 29.1 Å². The minimum Gasteiger partial charge on any atom is -0.402 e. The van der Waals surface area contributed by atoms with Crippen molar-refractivity contribution < 1.29 is 9.59 Å². The van der Waals surface area contributed by atoms with E-state index in [1.807, 2.05) is 17.2 Å². The summed E-state index contributed by atoms with van der Waals surface area (Å²) in [5.41, 5.74) is 9.20. The van der Waals surface area contributed by atoms with Crippen LogP contribution in [0.2, 0.25) is 0 Å². The second-order valence-electron chi connectivity index (χ2n) is 6.24. The van der Waals surface area contributed by atoms with Gasteiger partial charge in [0.25, 0.3) is 0 Å². The van der Waals surface area contributed by atoms with Gasteiger partial charge in [0.2, 0.25) is 5.91 Å². The van der Waals surface area contributed by atoms with Gasteiger partial charge in [0, 0.05) is 49.4 Å². The Morgan fingerprint density at radius 2 is 1.88 bits per heavy atom. The van der Waals surface area contributed by atoms with Crippen LogP contribution in [0.1, 0.15) is 19.4 Å². The van der Waals surface area contributed by atoms with Crippen molar-refractivity contribution in [2.24, 2.45) is 5.73 Å². The molecule has 2 heterocycles. The first-order chi connectivity index (χ1) is 11.9. The number of aromatic nitrogens is 1. The van der Waals surface area contributed by atoms with E-state index in [0.717, 1.165) is 18.8 Å². The third kappa shape index (κ3) is 5.22. The van der Waals surface area contributed by atoms with Crippen LogP contribution in [-0.4, -0.2) is 59.3 Å². The number of carbonyl (C=O) groups is 2. The number of pyridine rings is 1. The third-order valence-corrected chi connectivity index (χ3v) is 5.30. The highest BCUT2D eigenvalue weighted by molar-refractivity contribution is 8.00. The Morgan fingerprint density at radius 1 is 1.20 bits per heavy atom. The largest absolute Gasteiger partial charge is 0.402 e. The Hall–Kier alpha value is -2.02. The second kappa shape index (κ2) is 8.89. The second-order valence-corrected chi connectivity index (χ2v) is 7.23. The maximum atomic E-state index is 12.4. The van der Waals surface area contributed by atoms with E-state index in [1.165, 1.54) is 24.2 Å². The predicted molar refractivity (Wildman–Crippen MR) is 103 cm³/mol. The summed E-state index contributed by atoms with van der Waals surface area (Å²) in [5.74, 6) is 0.944. The number of thioether (sulfide) groups is 1. The van der Waals surface area contributed by atoms with E-state index in [2.05, 4.69) is 16.8 Å². The van der Waals surface area contributed by atoms with E-state index in [-0.39, 0.29) is 11.7 Å². The van der Waals surface area contributed by atoms with Gasteiger partial charge in [0.1, 0.15) is 0 Å². The molecule has 6 nitrogen and oxygen atoms in total. The lowest BCUT2D eigenvalue weighted by atomic mass is 10.2. The summed E-state index contributed by atoms with van der Waals surface area (Å²) < 4.78 is 0. The lowest BCUT2D eigenvalue weighted by molar-refractivity contribution is -0.128. The van der Waals surface area contributed by atoms with Crippen molar-refractivity contribution in [1.82, 2.24) is 9.88 Å². The predicted octanol–water partition coefficient (Wildman–Crippen LogP) is 1.59. The van der Waals surface area contributed by atoms with Crippen molar-refractivity contribution in [3.8, 4) is 0 Å². The van der Waals surface area contributed by atoms with E-state index >= 15 is 0 Å². The third-order valence-electron chi connectivity index (χ3n) is 4.36. The highest BCUT2D eigenvalue weighted by Crippen LogP contribution is 2.20. The fourth-order valence-corrected chi connectivity index (χ4v) is 3.90. The van der Waals surface area contributed by atoms with Gasteiger partial charge in [-0.3, -0.25) is 14.6 Å². The molecule has 2 N–H and O–H groups in total. The molecule has 1 saturated heterocycles. The Morgan fingerprint density at radius 3 is 2.44 bits per heavy atom. The van der Waals surface area contributed by atoms with Crippen molar-refractivity contribution in [2.45, 2.75) is 20.8 Å². The fourth-order valence-electron chi connectivity index (χ4n) is 2.81. The molecule has 2 rings (SSSR count). The van der Waals surface area contributed by atoms with Crippen LogP contribution in [0.25, 0.3) is 0 Å². The smallest absolute Gasteiger partial charge is 0.232 e. The average molecular weight is 362 g/mol. The van der Waals surface area contributed by atoms with Crippen LogP contribution in [-0.2, 0) is 9.59 Å².